The monoisotopic (exact) mass is 993 g/mol. The molecule has 4 aliphatic rings. The van der Waals surface area contributed by atoms with E-state index in [9.17, 15) is 23.8 Å². The minimum absolute atomic E-state index is 0.00651. The number of hydrogen-bond donors (Lipinski definition) is 1. The molecular formula is C57H103NO10P+. The van der Waals surface area contributed by atoms with Crippen LogP contribution in [0.1, 0.15) is 199 Å². The molecule has 69 heavy (non-hydrogen) atoms. The van der Waals surface area contributed by atoms with Crippen LogP contribution in [0.25, 0.3) is 0 Å². The molecule has 3 saturated carbocycles. The second-order valence-electron chi connectivity index (χ2n) is 27.3. The molecule has 4 aliphatic carbocycles. The van der Waals surface area contributed by atoms with Gasteiger partial charge in [0, 0.05) is 6.42 Å². The van der Waals surface area contributed by atoms with E-state index in [-0.39, 0.29) is 60.2 Å². The Morgan fingerprint density at radius 2 is 1.48 bits per heavy atom. The van der Waals surface area contributed by atoms with Gasteiger partial charge in [-0.3, -0.25) is 23.4 Å². The van der Waals surface area contributed by atoms with Crippen LogP contribution in [0, 0.1) is 74.9 Å². The van der Waals surface area contributed by atoms with Crippen LogP contribution in [0.3, 0.4) is 0 Å². The van der Waals surface area contributed by atoms with Gasteiger partial charge in [0.05, 0.1) is 46.5 Å². The fraction of sp³-hybridized carbons (Fsp3) is 0.912. The van der Waals surface area contributed by atoms with Crippen molar-refractivity contribution in [2.75, 3.05) is 47.5 Å². The van der Waals surface area contributed by atoms with Crippen molar-refractivity contribution in [2.24, 2.45) is 74.9 Å². The maximum Gasteiger partial charge on any atom is 0.472 e. The van der Waals surface area contributed by atoms with Crippen molar-refractivity contribution >= 4 is 25.7 Å². The van der Waals surface area contributed by atoms with E-state index >= 15 is 0 Å². The number of quaternary nitrogens is 1. The van der Waals surface area contributed by atoms with E-state index in [2.05, 4.69) is 96.1 Å². The number of phosphoric ester groups is 1. The summed E-state index contributed by atoms with van der Waals surface area (Å²) < 4.78 is 41.7. The number of likely N-dealkylation sites (N-methyl/N-ethyl adjacent to an activating group) is 1. The highest BCUT2D eigenvalue weighted by atomic mass is 31.2. The van der Waals surface area contributed by atoms with Crippen molar-refractivity contribution < 1.29 is 51.6 Å². The van der Waals surface area contributed by atoms with E-state index in [0.717, 1.165) is 74.5 Å². The molecule has 13 atom stereocenters. The highest BCUT2D eigenvalue weighted by Crippen LogP contribution is 2.67. The van der Waals surface area contributed by atoms with Gasteiger partial charge in [0.15, 0.2) is 6.10 Å². The smallest absolute Gasteiger partial charge is 0.462 e. The normalized spacial score (nSPS) is 29.3. The summed E-state index contributed by atoms with van der Waals surface area (Å²) in [6.07, 6.45) is 17.0. The van der Waals surface area contributed by atoms with Crippen LogP contribution in [0.15, 0.2) is 11.6 Å². The van der Waals surface area contributed by atoms with Crippen LogP contribution < -0.4 is 0 Å². The molecule has 0 aliphatic heterocycles. The second kappa shape index (κ2) is 25.0. The van der Waals surface area contributed by atoms with Crippen molar-refractivity contribution in [3.8, 4) is 0 Å². The Labute approximate surface area is 421 Å². The van der Waals surface area contributed by atoms with Gasteiger partial charge in [0.1, 0.15) is 25.9 Å². The van der Waals surface area contributed by atoms with E-state index in [1.54, 1.807) is 0 Å². The zero-order valence-electron chi connectivity index (χ0n) is 46.8. The van der Waals surface area contributed by atoms with Gasteiger partial charge < -0.3 is 23.6 Å². The number of allylic oxidation sites excluding steroid dienone is 1. The van der Waals surface area contributed by atoms with Crippen LogP contribution >= 0.6 is 7.82 Å². The molecule has 6 unspecified atom stereocenters. The minimum Gasteiger partial charge on any atom is -0.462 e. The number of carbonyl (C=O) groups excluding carboxylic acids is 3. The number of hydrogen-bond acceptors (Lipinski definition) is 9. The quantitative estimate of drug-likeness (QED) is 0.0293. The molecular weight excluding hydrogens is 890 g/mol. The standard InChI is InChI=1S/C57H102NO10P/c1-39(2)18-17-19-41(4)48-24-25-49-47-23-21-43-34-44(28-30-56(43,12)50(47)29-31-57(48,49)13)67-51(59)26-27-52(60)68-45(38-66-69(62,63)65-33-32-58(14,15)16)37-64-53(61)46(42(5)36-55(9,10)11)22-20-40(3)35-54(6,7)8/h21,39-42,44-50H,17-20,22-38H2,1-16H3/p+1/t40?,41-,42?,44+,45?,46?,47?,48-,49+,50+,56+,57-/m1/s1. The van der Waals surface area contributed by atoms with Crippen molar-refractivity contribution in [1.82, 2.24) is 0 Å². The maximum atomic E-state index is 13.9. The number of carbonyl (C=O) groups is 3. The average Bonchev–Trinajstić information content (AvgIpc) is 3.56. The zero-order valence-corrected chi connectivity index (χ0v) is 47.7. The molecule has 12 heteroatoms. The number of esters is 3. The van der Waals surface area contributed by atoms with Crippen LogP contribution in [0.4, 0.5) is 0 Å². The summed E-state index contributed by atoms with van der Waals surface area (Å²) >= 11 is 0. The molecule has 0 spiro atoms. The van der Waals surface area contributed by atoms with E-state index in [4.69, 9.17) is 23.3 Å². The van der Waals surface area contributed by atoms with Crippen LogP contribution in [-0.2, 0) is 42.2 Å². The Morgan fingerprint density at radius 1 is 0.812 bits per heavy atom. The lowest BCUT2D eigenvalue weighted by molar-refractivity contribution is -0.870. The molecule has 0 amide bonds. The van der Waals surface area contributed by atoms with E-state index in [1.807, 2.05) is 21.1 Å². The minimum atomic E-state index is -4.54. The fourth-order valence-corrected chi connectivity index (χ4v) is 14.6. The molecule has 0 aromatic rings. The highest BCUT2D eigenvalue weighted by molar-refractivity contribution is 7.47. The van der Waals surface area contributed by atoms with Gasteiger partial charge in [-0.25, -0.2) is 4.57 Å². The average molecular weight is 993 g/mol. The molecule has 400 valence electrons. The number of nitrogens with zero attached hydrogens (tertiary/aromatic N) is 1. The van der Waals surface area contributed by atoms with Gasteiger partial charge in [0.2, 0.25) is 0 Å². The molecule has 4 rings (SSSR count). The van der Waals surface area contributed by atoms with Gasteiger partial charge in [-0.2, -0.15) is 0 Å². The number of rotatable bonds is 26. The molecule has 1 N–H and O–H groups in total. The van der Waals surface area contributed by atoms with Gasteiger partial charge in [-0.15, -0.1) is 0 Å². The largest absolute Gasteiger partial charge is 0.472 e. The lowest BCUT2D eigenvalue weighted by Gasteiger charge is -2.58. The Morgan fingerprint density at radius 3 is 2.12 bits per heavy atom. The highest BCUT2D eigenvalue weighted by Gasteiger charge is 2.59. The molecule has 3 fully saturated rings. The van der Waals surface area contributed by atoms with Crippen molar-refractivity contribution in [2.45, 2.75) is 211 Å². The van der Waals surface area contributed by atoms with Crippen LogP contribution in [0.2, 0.25) is 0 Å². The van der Waals surface area contributed by atoms with Gasteiger partial charge in [-0.05, 0) is 140 Å². The predicted octanol–water partition coefficient (Wildman–Crippen LogP) is 13.6. The summed E-state index contributed by atoms with van der Waals surface area (Å²) in [5, 5.41) is 0. The van der Waals surface area contributed by atoms with E-state index in [0.29, 0.717) is 34.7 Å². The number of phosphoric acid groups is 1. The Hall–Kier alpha value is -1.78. The Kier molecular flexibility index (Phi) is 21.6. The fourth-order valence-electron chi connectivity index (χ4n) is 13.8. The summed E-state index contributed by atoms with van der Waals surface area (Å²) in [5.74, 6) is 3.05. The SMILES string of the molecule is CC(C)CCC[C@@H](C)[C@H]1CC[C@H]2C3CC=C4C[C@@H](OC(=O)CCC(=O)OC(COC(=O)C(CCC(C)CC(C)(C)C)C(C)CC(C)(C)C)COP(=O)(O)OCC[N+](C)(C)C)CC[C@]4(C)[C@H]3CC[C@]12C. The molecule has 0 saturated heterocycles. The summed E-state index contributed by atoms with van der Waals surface area (Å²) in [6, 6.07) is 0. The lowest BCUT2D eigenvalue weighted by Crippen LogP contribution is -2.51. The van der Waals surface area contributed by atoms with Crippen LogP contribution in [-0.4, -0.2) is 87.0 Å². The summed E-state index contributed by atoms with van der Waals surface area (Å²) in [5.41, 5.74) is 2.17. The molecule has 0 heterocycles. The third-order valence-electron chi connectivity index (χ3n) is 17.1. The molecule has 11 nitrogen and oxygen atoms in total. The first kappa shape index (κ1) is 59.8. The second-order valence-corrected chi connectivity index (χ2v) is 28.7. The third-order valence-corrected chi connectivity index (χ3v) is 18.1. The predicted molar refractivity (Wildman–Crippen MR) is 277 cm³/mol. The van der Waals surface area contributed by atoms with E-state index < -0.39 is 38.4 Å². The van der Waals surface area contributed by atoms with Gasteiger partial charge in [0.25, 0.3) is 0 Å². The summed E-state index contributed by atoms with van der Waals surface area (Å²) in [4.78, 5) is 51.2. The topological polar surface area (TPSA) is 135 Å². The van der Waals surface area contributed by atoms with Gasteiger partial charge in [-0.1, -0.05) is 121 Å². The molecule has 0 aromatic heterocycles. The molecule has 0 radical (unpaired) electrons. The first-order valence-corrected chi connectivity index (χ1v) is 29.0. The third kappa shape index (κ3) is 18.6. The number of fused-ring (bicyclic) bond motifs is 5. The number of ether oxygens (including phenoxy) is 3. The molecule has 0 bridgehead atoms. The Balaban J connectivity index is 1.35. The summed E-state index contributed by atoms with van der Waals surface area (Å²) in [6.45, 7) is 29.3. The Bertz CT molecular complexity index is 1740. The lowest BCUT2D eigenvalue weighted by atomic mass is 9.47. The first-order chi connectivity index (χ1) is 31.8. The van der Waals surface area contributed by atoms with Crippen molar-refractivity contribution in [3.05, 3.63) is 11.6 Å². The summed E-state index contributed by atoms with van der Waals surface area (Å²) in [7, 11) is 1.27. The molecule has 0 aromatic carbocycles. The zero-order chi connectivity index (χ0) is 51.8. The van der Waals surface area contributed by atoms with Crippen molar-refractivity contribution in [1.29, 1.82) is 0 Å². The van der Waals surface area contributed by atoms with E-state index in [1.165, 1.54) is 50.5 Å². The van der Waals surface area contributed by atoms with Crippen molar-refractivity contribution in [3.63, 3.8) is 0 Å². The van der Waals surface area contributed by atoms with Crippen LogP contribution in [0.5, 0.6) is 0 Å². The first-order valence-electron chi connectivity index (χ1n) is 27.5. The van der Waals surface area contributed by atoms with Gasteiger partial charge >= 0.3 is 25.7 Å². The maximum absolute atomic E-state index is 13.9.